The molecular weight excluding hydrogens is 356 g/mol. The van der Waals surface area contributed by atoms with E-state index in [-0.39, 0.29) is 11.3 Å². The molecule has 0 aliphatic heterocycles. The van der Waals surface area contributed by atoms with Gasteiger partial charge in [0.05, 0.1) is 18.7 Å². The number of hydrazone groups is 1. The normalized spacial score (nSPS) is 11.1. The molecule has 28 heavy (non-hydrogen) atoms. The highest BCUT2D eigenvalue weighted by Crippen LogP contribution is 2.14. The van der Waals surface area contributed by atoms with E-state index in [2.05, 4.69) is 15.6 Å². The van der Waals surface area contributed by atoms with Crippen molar-refractivity contribution in [2.75, 3.05) is 7.11 Å². The van der Waals surface area contributed by atoms with Gasteiger partial charge in [-0.05, 0) is 42.3 Å². The van der Waals surface area contributed by atoms with Gasteiger partial charge in [0.25, 0.3) is 11.5 Å². The van der Waals surface area contributed by atoms with Crippen molar-refractivity contribution in [2.24, 2.45) is 5.10 Å². The molecule has 0 saturated carbocycles. The quantitative estimate of drug-likeness (QED) is 0.506. The summed E-state index contributed by atoms with van der Waals surface area (Å²) in [4.78, 5) is 25.3. The second-order valence-electron chi connectivity index (χ2n) is 6.25. The summed E-state index contributed by atoms with van der Waals surface area (Å²) in [5, 5.41) is 9.27. The van der Waals surface area contributed by atoms with Crippen molar-refractivity contribution >= 4 is 22.9 Å². The van der Waals surface area contributed by atoms with Crippen LogP contribution in [0.1, 0.15) is 35.8 Å². The van der Waals surface area contributed by atoms with Crippen LogP contribution in [-0.2, 0) is 6.54 Å². The molecule has 0 radical (unpaired) electrons. The summed E-state index contributed by atoms with van der Waals surface area (Å²) in [6.45, 7) is 2.50. The van der Waals surface area contributed by atoms with Gasteiger partial charge < -0.3 is 4.74 Å². The van der Waals surface area contributed by atoms with Gasteiger partial charge in [-0.3, -0.25) is 9.59 Å². The second kappa shape index (κ2) is 8.94. The Hall–Kier alpha value is -3.48. The smallest absolute Gasteiger partial charge is 0.292 e. The van der Waals surface area contributed by atoms with Crippen molar-refractivity contribution in [1.82, 2.24) is 15.2 Å². The van der Waals surface area contributed by atoms with Crippen LogP contribution >= 0.6 is 0 Å². The molecule has 0 aliphatic rings. The van der Waals surface area contributed by atoms with Crippen molar-refractivity contribution in [3.05, 3.63) is 70.1 Å². The van der Waals surface area contributed by atoms with Crippen LogP contribution < -0.4 is 15.7 Å². The largest absolute Gasteiger partial charge is 0.497 e. The lowest BCUT2D eigenvalue weighted by Gasteiger charge is -2.09. The highest BCUT2D eigenvalue weighted by molar-refractivity contribution is 6.04. The zero-order valence-electron chi connectivity index (χ0n) is 15.9. The molecule has 0 unspecified atom stereocenters. The summed E-state index contributed by atoms with van der Waals surface area (Å²) in [5.74, 6) is 0.275. The third kappa shape index (κ3) is 4.25. The summed E-state index contributed by atoms with van der Waals surface area (Å²) in [5.41, 5.74) is 3.29. The number of hydrogen-bond acceptors (Lipinski definition) is 5. The molecule has 2 aromatic carbocycles. The number of carbonyl (C=O) groups is 1. The van der Waals surface area contributed by atoms with Gasteiger partial charge in [0.2, 0.25) is 0 Å². The van der Waals surface area contributed by atoms with E-state index in [0.717, 1.165) is 24.2 Å². The molecular formula is C21H22N4O3. The number of ether oxygens (including phenoxy) is 1. The number of aromatic nitrogens is 2. The van der Waals surface area contributed by atoms with E-state index in [1.165, 1.54) is 10.9 Å². The van der Waals surface area contributed by atoms with Crippen molar-refractivity contribution in [1.29, 1.82) is 0 Å². The number of unbranched alkanes of at least 4 members (excludes halogenated alkanes) is 1. The lowest BCUT2D eigenvalue weighted by atomic mass is 10.1. The predicted molar refractivity (Wildman–Crippen MR) is 109 cm³/mol. The van der Waals surface area contributed by atoms with E-state index < -0.39 is 5.91 Å². The molecule has 7 nitrogen and oxygen atoms in total. The molecule has 0 spiro atoms. The number of fused-ring (bicyclic) bond motifs is 1. The highest BCUT2D eigenvalue weighted by Gasteiger charge is 2.16. The Morgan fingerprint density at radius 1 is 1.18 bits per heavy atom. The molecule has 0 aliphatic carbocycles. The van der Waals surface area contributed by atoms with Crippen LogP contribution in [0.25, 0.3) is 10.8 Å². The third-order valence-corrected chi connectivity index (χ3v) is 4.30. The van der Waals surface area contributed by atoms with Gasteiger partial charge >= 0.3 is 0 Å². The van der Waals surface area contributed by atoms with Gasteiger partial charge in [0.15, 0.2) is 5.69 Å². The van der Waals surface area contributed by atoms with Crippen LogP contribution in [-0.4, -0.2) is 29.0 Å². The number of nitrogens with zero attached hydrogens (tertiary/aromatic N) is 3. The van der Waals surface area contributed by atoms with Gasteiger partial charge in [-0.2, -0.15) is 10.2 Å². The van der Waals surface area contributed by atoms with Gasteiger partial charge in [-0.15, -0.1) is 0 Å². The van der Waals surface area contributed by atoms with Crippen LogP contribution in [0.3, 0.4) is 0 Å². The minimum atomic E-state index is -0.466. The molecule has 1 heterocycles. The number of amides is 1. The Morgan fingerprint density at radius 2 is 1.89 bits per heavy atom. The average molecular weight is 378 g/mol. The maximum absolute atomic E-state index is 12.7. The SMILES string of the molecule is CCCCn1nc(C(=O)NN=Cc2ccc(OC)cc2)c2ccccc2c1=O. The first-order valence-electron chi connectivity index (χ1n) is 9.11. The Balaban J connectivity index is 1.86. The van der Waals surface area contributed by atoms with Crippen molar-refractivity contribution < 1.29 is 9.53 Å². The standard InChI is InChI=1S/C21H22N4O3/c1-3-4-13-25-21(27)18-8-6-5-7-17(18)19(24-25)20(26)23-22-14-15-9-11-16(28-2)12-10-15/h5-12,14H,3-4,13H2,1-2H3,(H,23,26). The van der Waals surface area contributed by atoms with Crippen LogP contribution in [0, 0.1) is 0 Å². The van der Waals surface area contributed by atoms with Gasteiger partial charge in [-0.1, -0.05) is 31.5 Å². The highest BCUT2D eigenvalue weighted by atomic mass is 16.5. The molecule has 0 atom stereocenters. The Labute approximate surface area is 162 Å². The number of hydrogen-bond donors (Lipinski definition) is 1. The Morgan fingerprint density at radius 3 is 2.57 bits per heavy atom. The third-order valence-electron chi connectivity index (χ3n) is 4.30. The molecule has 1 N–H and O–H groups in total. The number of rotatable bonds is 7. The average Bonchev–Trinajstić information content (AvgIpc) is 2.74. The van der Waals surface area contributed by atoms with Crippen LogP contribution in [0.5, 0.6) is 5.75 Å². The fourth-order valence-corrected chi connectivity index (χ4v) is 2.77. The molecule has 0 fully saturated rings. The number of benzene rings is 2. The van der Waals surface area contributed by atoms with Gasteiger partial charge in [-0.25, -0.2) is 10.1 Å². The Bertz CT molecular complexity index is 1060. The monoisotopic (exact) mass is 378 g/mol. The summed E-state index contributed by atoms with van der Waals surface area (Å²) in [6.07, 6.45) is 3.27. The topological polar surface area (TPSA) is 85.6 Å². The minimum absolute atomic E-state index is 0.179. The zero-order valence-corrected chi connectivity index (χ0v) is 15.9. The van der Waals surface area contributed by atoms with Crippen molar-refractivity contribution in [2.45, 2.75) is 26.3 Å². The van der Waals surface area contributed by atoms with E-state index in [9.17, 15) is 9.59 Å². The number of methoxy groups -OCH3 is 1. The molecule has 3 rings (SSSR count). The molecule has 144 valence electrons. The first-order chi connectivity index (χ1) is 13.6. The van der Waals surface area contributed by atoms with Crippen molar-refractivity contribution in [3.63, 3.8) is 0 Å². The number of nitrogens with one attached hydrogen (secondary N) is 1. The fourth-order valence-electron chi connectivity index (χ4n) is 2.77. The van der Waals surface area contributed by atoms with Crippen molar-refractivity contribution in [3.8, 4) is 5.75 Å². The van der Waals surface area contributed by atoms with Crippen LogP contribution in [0.15, 0.2) is 58.4 Å². The van der Waals surface area contributed by atoms with Gasteiger partial charge in [0.1, 0.15) is 5.75 Å². The molecule has 3 aromatic rings. The summed E-state index contributed by atoms with van der Waals surface area (Å²) < 4.78 is 6.46. The van der Waals surface area contributed by atoms with Crippen LogP contribution in [0.4, 0.5) is 0 Å². The fraction of sp³-hybridized carbons (Fsp3) is 0.238. The zero-order chi connectivity index (χ0) is 19.9. The maximum Gasteiger partial charge on any atom is 0.292 e. The number of aryl methyl sites for hydroxylation is 1. The van der Waals surface area contributed by atoms with E-state index in [1.54, 1.807) is 31.4 Å². The predicted octanol–water partition coefficient (Wildman–Crippen LogP) is 2.97. The molecule has 1 amide bonds. The van der Waals surface area contributed by atoms with E-state index >= 15 is 0 Å². The number of carbonyl (C=O) groups excluding carboxylic acids is 1. The first kappa shape index (κ1) is 19.3. The molecule has 7 heteroatoms. The molecule has 0 bridgehead atoms. The van der Waals surface area contributed by atoms with Crippen LogP contribution in [0.2, 0.25) is 0 Å². The second-order valence-corrected chi connectivity index (χ2v) is 6.25. The van der Waals surface area contributed by atoms with Gasteiger partial charge in [0, 0.05) is 11.9 Å². The van der Waals surface area contributed by atoms with E-state index in [0.29, 0.717) is 17.3 Å². The van der Waals surface area contributed by atoms with E-state index in [1.807, 2.05) is 31.2 Å². The summed E-state index contributed by atoms with van der Waals surface area (Å²) >= 11 is 0. The maximum atomic E-state index is 12.7. The summed E-state index contributed by atoms with van der Waals surface area (Å²) in [6, 6.07) is 14.2. The molecule has 1 aromatic heterocycles. The summed E-state index contributed by atoms with van der Waals surface area (Å²) in [7, 11) is 1.60. The Kier molecular flexibility index (Phi) is 6.16. The first-order valence-corrected chi connectivity index (χ1v) is 9.11. The molecule has 0 saturated heterocycles. The van der Waals surface area contributed by atoms with E-state index in [4.69, 9.17) is 4.74 Å². The lowest BCUT2D eigenvalue weighted by Crippen LogP contribution is -2.29. The minimum Gasteiger partial charge on any atom is -0.497 e. The lowest BCUT2D eigenvalue weighted by molar-refractivity contribution is 0.0949.